The molecule has 37 heavy (non-hydrogen) atoms. The molecule has 0 aromatic heterocycles. The Labute approximate surface area is 243 Å². The smallest absolute Gasteiger partial charge is 0.0734 e. The van der Waals surface area contributed by atoms with E-state index in [1.807, 2.05) is 54.6 Å². The molecule has 188 valence electrons. The quantitative estimate of drug-likeness (QED) is 0.159. The van der Waals surface area contributed by atoms with Gasteiger partial charge in [0, 0.05) is 15.2 Å². The molecular weight excluding hydrogens is 585 g/mol. The summed E-state index contributed by atoms with van der Waals surface area (Å²) in [6, 6.07) is 42.1. The second-order valence-corrected chi connectivity index (χ2v) is 10.2. The van der Waals surface area contributed by atoms with Crippen LogP contribution in [0, 0.1) is 0 Å². The Bertz CT molecular complexity index is 1280. The lowest BCUT2D eigenvalue weighted by atomic mass is 9.99. The highest BCUT2D eigenvalue weighted by Gasteiger charge is 2.07. The van der Waals surface area contributed by atoms with Gasteiger partial charge in [-0.25, -0.2) is 0 Å². The highest BCUT2D eigenvalue weighted by atomic mass is 79.9. The van der Waals surface area contributed by atoms with E-state index >= 15 is 0 Å². The number of anilines is 1. The number of para-hydroxylation sites is 1. The molecule has 0 unspecified atom stereocenters. The lowest BCUT2D eigenvalue weighted by molar-refractivity contribution is 1.14. The predicted molar refractivity (Wildman–Crippen MR) is 165 cm³/mol. The zero-order valence-corrected chi connectivity index (χ0v) is 24.0. The molecule has 0 aliphatic rings. The predicted octanol–water partition coefficient (Wildman–Crippen LogP) is 10.5. The molecule has 0 saturated carbocycles. The first-order valence-corrected chi connectivity index (χ1v) is 13.6. The summed E-state index contributed by atoms with van der Waals surface area (Å²) in [5.74, 6) is 0. The van der Waals surface area contributed by atoms with Crippen LogP contribution >= 0.6 is 50.7 Å². The SMILES string of the molecule is Clc1c(Cc2ccccc2)cccc1Cc1ccccc1.Clc1cccc(Br)c1Cl.Nc1ccccc1. The van der Waals surface area contributed by atoms with Crippen LogP contribution < -0.4 is 5.73 Å². The zero-order chi connectivity index (χ0) is 26.5. The van der Waals surface area contributed by atoms with E-state index in [0.29, 0.717) is 10.0 Å². The van der Waals surface area contributed by atoms with Crippen LogP contribution in [0.1, 0.15) is 22.3 Å². The van der Waals surface area contributed by atoms with Gasteiger partial charge in [0.05, 0.1) is 10.0 Å². The van der Waals surface area contributed by atoms with E-state index in [1.165, 1.54) is 22.3 Å². The number of halogens is 4. The van der Waals surface area contributed by atoms with Crippen molar-refractivity contribution in [3.05, 3.63) is 169 Å². The second kappa shape index (κ2) is 15.5. The monoisotopic (exact) mass is 609 g/mol. The lowest BCUT2D eigenvalue weighted by Crippen LogP contribution is -1.95. The molecule has 5 heteroatoms. The molecule has 0 saturated heterocycles. The third kappa shape index (κ3) is 9.91. The van der Waals surface area contributed by atoms with Crippen LogP contribution in [0.25, 0.3) is 0 Å². The standard InChI is InChI=1S/C20H17Cl.C6H3BrCl2.C6H7N/c21-20-18(14-16-8-3-1-4-9-16)12-7-13-19(20)15-17-10-5-2-6-11-17;7-4-2-1-3-5(8)6(4)9;7-6-4-2-1-3-5-6/h1-13H,14-15H2;1-3H;1-5H,7H2. The maximum Gasteiger partial charge on any atom is 0.0734 e. The van der Waals surface area contributed by atoms with Gasteiger partial charge in [-0.3, -0.25) is 0 Å². The topological polar surface area (TPSA) is 26.0 Å². The fraction of sp³-hybridized carbons (Fsp3) is 0.0625. The van der Waals surface area contributed by atoms with Gasteiger partial charge >= 0.3 is 0 Å². The summed E-state index contributed by atoms with van der Waals surface area (Å²) >= 11 is 21.2. The molecule has 0 aliphatic carbocycles. The van der Waals surface area contributed by atoms with Crippen molar-refractivity contribution in [2.75, 3.05) is 5.73 Å². The van der Waals surface area contributed by atoms with Crippen molar-refractivity contribution < 1.29 is 0 Å². The molecule has 0 heterocycles. The maximum absolute atomic E-state index is 6.61. The average molecular weight is 612 g/mol. The summed E-state index contributed by atoms with van der Waals surface area (Å²) < 4.78 is 0.830. The van der Waals surface area contributed by atoms with Gasteiger partial charge in [0.15, 0.2) is 0 Å². The number of nitrogen functional groups attached to an aromatic ring is 1. The van der Waals surface area contributed by atoms with E-state index < -0.39 is 0 Å². The van der Waals surface area contributed by atoms with Crippen LogP contribution in [0.4, 0.5) is 5.69 Å². The molecule has 0 atom stereocenters. The summed E-state index contributed by atoms with van der Waals surface area (Å²) in [6.45, 7) is 0. The number of hydrogen-bond donors (Lipinski definition) is 1. The van der Waals surface area contributed by atoms with Gasteiger partial charge in [-0.05, 0) is 75.3 Å². The van der Waals surface area contributed by atoms with Gasteiger partial charge in [0.2, 0.25) is 0 Å². The molecule has 0 radical (unpaired) electrons. The number of nitrogens with two attached hydrogens (primary N) is 1. The van der Waals surface area contributed by atoms with E-state index in [2.05, 4.69) is 82.7 Å². The van der Waals surface area contributed by atoms with Gasteiger partial charge in [-0.15, -0.1) is 0 Å². The van der Waals surface area contributed by atoms with Gasteiger partial charge in [-0.1, -0.05) is 138 Å². The Morgan fingerprint density at radius 1 is 0.486 bits per heavy atom. The van der Waals surface area contributed by atoms with Crippen LogP contribution in [-0.4, -0.2) is 0 Å². The molecule has 5 aromatic rings. The van der Waals surface area contributed by atoms with Crippen molar-refractivity contribution in [2.45, 2.75) is 12.8 Å². The Kier molecular flexibility index (Phi) is 12.1. The van der Waals surface area contributed by atoms with Gasteiger partial charge in [-0.2, -0.15) is 0 Å². The second-order valence-electron chi connectivity index (χ2n) is 8.16. The highest BCUT2D eigenvalue weighted by Crippen LogP contribution is 2.29. The third-order valence-corrected chi connectivity index (χ3v) is 7.53. The van der Waals surface area contributed by atoms with Crippen molar-refractivity contribution in [2.24, 2.45) is 0 Å². The highest BCUT2D eigenvalue weighted by molar-refractivity contribution is 9.10. The summed E-state index contributed by atoms with van der Waals surface area (Å²) in [5.41, 5.74) is 11.1. The van der Waals surface area contributed by atoms with Crippen LogP contribution in [0.5, 0.6) is 0 Å². The number of rotatable bonds is 4. The Morgan fingerprint density at radius 3 is 1.30 bits per heavy atom. The van der Waals surface area contributed by atoms with Crippen molar-refractivity contribution in [3.63, 3.8) is 0 Å². The summed E-state index contributed by atoms with van der Waals surface area (Å²) in [6.07, 6.45) is 1.75. The molecule has 2 N–H and O–H groups in total. The molecule has 0 amide bonds. The van der Waals surface area contributed by atoms with E-state index in [9.17, 15) is 0 Å². The largest absolute Gasteiger partial charge is 0.399 e. The van der Waals surface area contributed by atoms with Crippen molar-refractivity contribution >= 4 is 56.4 Å². The normalized spacial score (nSPS) is 9.95. The van der Waals surface area contributed by atoms with E-state index in [0.717, 1.165) is 28.0 Å². The lowest BCUT2D eigenvalue weighted by Gasteiger charge is -2.10. The Balaban J connectivity index is 0.000000194. The summed E-state index contributed by atoms with van der Waals surface area (Å²) in [5, 5.41) is 2.04. The van der Waals surface area contributed by atoms with Gasteiger partial charge in [0.1, 0.15) is 0 Å². The van der Waals surface area contributed by atoms with Gasteiger partial charge in [0.25, 0.3) is 0 Å². The Morgan fingerprint density at radius 2 is 0.919 bits per heavy atom. The molecule has 0 spiro atoms. The third-order valence-electron chi connectivity index (χ3n) is 5.34. The van der Waals surface area contributed by atoms with Gasteiger partial charge < -0.3 is 5.73 Å². The van der Waals surface area contributed by atoms with Crippen molar-refractivity contribution in [3.8, 4) is 0 Å². The first-order chi connectivity index (χ1) is 17.9. The molecule has 1 nitrogen and oxygen atoms in total. The summed E-state index contributed by atoms with van der Waals surface area (Å²) in [7, 11) is 0. The van der Waals surface area contributed by atoms with E-state index in [1.54, 1.807) is 6.07 Å². The first-order valence-electron chi connectivity index (χ1n) is 11.7. The maximum atomic E-state index is 6.61. The fourth-order valence-corrected chi connectivity index (χ4v) is 4.51. The zero-order valence-electron chi connectivity index (χ0n) is 20.1. The number of hydrogen-bond acceptors (Lipinski definition) is 1. The Hall–Kier alpha value is -2.75. The molecule has 0 bridgehead atoms. The van der Waals surface area contributed by atoms with Crippen LogP contribution in [-0.2, 0) is 12.8 Å². The molecule has 5 aromatic carbocycles. The minimum atomic E-state index is 0.569. The van der Waals surface area contributed by atoms with Crippen LogP contribution in [0.3, 0.4) is 0 Å². The molecule has 5 rings (SSSR count). The van der Waals surface area contributed by atoms with Crippen LogP contribution in [0.2, 0.25) is 15.1 Å². The van der Waals surface area contributed by atoms with Crippen molar-refractivity contribution in [1.82, 2.24) is 0 Å². The average Bonchev–Trinajstić information content (AvgIpc) is 2.92. The first kappa shape index (κ1) is 28.8. The minimum absolute atomic E-state index is 0.569. The minimum Gasteiger partial charge on any atom is -0.399 e. The van der Waals surface area contributed by atoms with E-state index in [-0.39, 0.29) is 0 Å². The molecular formula is C32H27BrCl3N. The fourth-order valence-electron chi connectivity index (χ4n) is 3.47. The van der Waals surface area contributed by atoms with Crippen LogP contribution in [0.15, 0.2) is 132 Å². The molecule has 0 fully saturated rings. The number of benzene rings is 5. The van der Waals surface area contributed by atoms with Crippen molar-refractivity contribution in [1.29, 1.82) is 0 Å². The van der Waals surface area contributed by atoms with E-state index in [4.69, 9.17) is 40.5 Å². The summed E-state index contributed by atoms with van der Waals surface area (Å²) in [4.78, 5) is 0. The molecule has 0 aliphatic heterocycles.